The number of aryl methyl sites for hydroxylation is 1. The van der Waals surface area contributed by atoms with Crippen LogP contribution in [0.1, 0.15) is 48.8 Å². The van der Waals surface area contributed by atoms with Gasteiger partial charge in [0.25, 0.3) is 0 Å². The van der Waals surface area contributed by atoms with Crippen LogP contribution in [-0.4, -0.2) is 6.04 Å². The number of ether oxygens (including phenoxy) is 1. The first-order valence-electron chi connectivity index (χ1n) is 10.2. The molecule has 1 fully saturated rings. The van der Waals surface area contributed by atoms with Crippen LogP contribution in [0.2, 0.25) is 0 Å². The second-order valence-electron chi connectivity index (χ2n) is 7.75. The predicted octanol–water partition coefficient (Wildman–Crippen LogP) is 6.15. The number of benzene rings is 3. The SMILES string of the molecule is Cc1ccc(COc2ccc3ccccc3c2CNC2CCCCC2)cc1. The van der Waals surface area contributed by atoms with E-state index in [1.165, 1.54) is 59.6 Å². The van der Waals surface area contributed by atoms with Crippen molar-refractivity contribution in [2.45, 2.75) is 58.2 Å². The van der Waals surface area contributed by atoms with Gasteiger partial charge < -0.3 is 10.1 Å². The fourth-order valence-corrected chi connectivity index (χ4v) is 4.03. The molecule has 1 aliphatic carbocycles. The number of nitrogens with one attached hydrogen (secondary N) is 1. The third-order valence-corrected chi connectivity index (χ3v) is 5.69. The Kier molecular flexibility index (Phi) is 5.74. The average Bonchev–Trinajstić information content (AvgIpc) is 2.73. The highest BCUT2D eigenvalue weighted by molar-refractivity contribution is 5.87. The van der Waals surface area contributed by atoms with Crippen molar-refractivity contribution in [3.05, 3.63) is 77.4 Å². The molecule has 3 aromatic carbocycles. The summed E-state index contributed by atoms with van der Waals surface area (Å²) in [6.45, 7) is 3.59. The first kappa shape index (κ1) is 18.1. The molecule has 0 amide bonds. The van der Waals surface area contributed by atoms with Crippen molar-refractivity contribution in [1.82, 2.24) is 5.32 Å². The van der Waals surface area contributed by atoms with Crippen molar-refractivity contribution in [2.24, 2.45) is 0 Å². The minimum absolute atomic E-state index is 0.606. The molecule has 1 N–H and O–H groups in total. The summed E-state index contributed by atoms with van der Waals surface area (Å²) in [5, 5.41) is 6.37. The van der Waals surface area contributed by atoms with E-state index in [-0.39, 0.29) is 0 Å². The van der Waals surface area contributed by atoms with Crippen molar-refractivity contribution < 1.29 is 4.74 Å². The fraction of sp³-hybridized carbons (Fsp3) is 0.360. The lowest BCUT2D eigenvalue weighted by molar-refractivity contribution is 0.300. The summed E-state index contributed by atoms with van der Waals surface area (Å²) in [5.74, 6) is 0.998. The second kappa shape index (κ2) is 8.58. The van der Waals surface area contributed by atoms with E-state index in [0.29, 0.717) is 12.6 Å². The molecule has 27 heavy (non-hydrogen) atoms. The molecule has 2 nitrogen and oxygen atoms in total. The van der Waals surface area contributed by atoms with Gasteiger partial charge in [-0.15, -0.1) is 0 Å². The maximum absolute atomic E-state index is 6.27. The summed E-state index contributed by atoms with van der Waals surface area (Å²) < 4.78 is 6.27. The Balaban J connectivity index is 1.55. The van der Waals surface area contributed by atoms with E-state index in [9.17, 15) is 0 Å². The molecule has 1 saturated carbocycles. The minimum atomic E-state index is 0.606. The molecular formula is C25H29NO. The Morgan fingerprint density at radius 1 is 0.889 bits per heavy atom. The maximum atomic E-state index is 6.27. The van der Waals surface area contributed by atoms with Crippen LogP contribution in [0.3, 0.4) is 0 Å². The highest BCUT2D eigenvalue weighted by Crippen LogP contribution is 2.29. The second-order valence-corrected chi connectivity index (χ2v) is 7.75. The number of fused-ring (bicyclic) bond motifs is 1. The van der Waals surface area contributed by atoms with E-state index in [2.05, 4.69) is 72.9 Å². The topological polar surface area (TPSA) is 21.3 Å². The van der Waals surface area contributed by atoms with E-state index in [4.69, 9.17) is 4.74 Å². The summed E-state index contributed by atoms with van der Waals surface area (Å²) in [6.07, 6.45) is 6.68. The molecule has 0 unspecified atom stereocenters. The summed E-state index contributed by atoms with van der Waals surface area (Å²) >= 11 is 0. The van der Waals surface area contributed by atoms with E-state index in [1.54, 1.807) is 0 Å². The summed E-state index contributed by atoms with van der Waals surface area (Å²) in [5.41, 5.74) is 3.77. The van der Waals surface area contributed by atoms with Gasteiger partial charge >= 0.3 is 0 Å². The molecular weight excluding hydrogens is 330 g/mol. The van der Waals surface area contributed by atoms with Gasteiger partial charge in [-0.3, -0.25) is 0 Å². The lowest BCUT2D eigenvalue weighted by Gasteiger charge is -2.24. The van der Waals surface area contributed by atoms with Crippen molar-refractivity contribution in [3.8, 4) is 5.75 Å². The molecule has 3 aromatic rings. The molecule has 0 aromatic heterocycles. The van der Waals surface area contributed by atoms with Crippen molar-refractivity contribution in [3.63, 3.8) is 0 Å². The van der Waals surface area contributed by atoms with Crippen LogP contribution in [0.25, 0.3) is 10.8 Å². The zero-order chi connectivity index (χ0) is 18.5. The predicted molar refractivity (Wildman–Crippen MR) is 113 cm³/mol. The van der Waals surface area contributed by atoms with Gasteiger partial charge in [-0.2, -0.15) is 0 Å². The van der Waals surface area contributed by atoms with Gasteiger partial charge in [-0.1, -0.05) is 79.4 Å². The molecule has 0 saturated heterocycles. The van der Waals surface area contributed by atoms with Gasteiger partial charge in [0.05, 0.1) is 0 Å². The van der Waals surface area contributed by atoms with Crippen LogP contribution < -0.4 is 10.1 Å². The fourth-order valence-electron chi connectivity index (χ4n) is 4.03. The zero-order valence-electron chi connectivity index (χ0n) is 16.2. The van der Waals surface area contributed by atoms with Crippen LogP contribution in [0, 0.1) is 6.92 Å². The van der Waals surface area contributed by atoms with Crippen LogP contribution in [0.15, 0.2) is 60.7 Å². The third-order valence-electron chi connectivity index (χ3n) is 5.69. The molecule has 0 aliphatic heterocycles. The molecule has 1 aliphatic rings. The summed E-state index contributed by atoms with van der Waals surface area (Å²) in [7, 11) is 0. The van der Waals surface area contributed by atoms with Crippen molar-refractivity contribution >= 4 is 10.8 Å². The monoisotopic (exact) mass is 359 g/mol. The molecule has 4 rings (SSSR count). The molecule has 140 valence electrons. The summed E-state index contributed by atoms with van der Waals surface area (Å²) in [4.78, 5) is 0. The first-order valence-corrected chi connectivity index (χ1v) is 10.2. The molecule has 0 heterocycles. The largest absolute Gasteiger partial charge is 0.489 e. The Labute approximate surface area is 162 Å². The minimum Gasteiger partial charge on any atom is -0.489 e. The number of hydrogen-bond donors (Lipinski definition) is 1. The normalized spacial score (nSPS) is 15.1. The number of rotatable bonds is 6. The Hall–Kier alpha value is -2.32. The summed E-state index contributed by atoms with van der Waals surface area (Å²) in [6, 6.07) is 22.2. The smallest absolute Gasteiger partial charge is 0.124 e. The highest BCUT2D eigenvalue weighted by atomic mass is 16.5. The van der Waals surface area contributed by atoms with E-state index < -0.39 is 0 Å². The first-order chi connectivity index (χ1) is 13.3. The quantitative estimate of drug-likeness (QED) is 0.570. The van der Waals surface area contributed by atoms with Crippen LogP contribution >= 0.6 is 0 Å². The molecule has 0 spiro atoms. The highest BCUT2D eigenvalue weighted by Gasteiger charge is 2.15. The Morgan fingerprint density at radius 3 is 2.48 bits per heavy atom. The lowest BCUT2D eigenvalue weighted by Crippen LogP contribution is -2.30. The van der Waals surface area contributed by atoms with Gasteiger partial charge in [0.1, 0.15) is 12.4 Å². The van der Waals surface area contributed by atoms with E-state index in [0.717, 1.165) is 12.3 Å². The van der Waals surface area contributed by atoms with Crippen LogP contribution in [-0.2, 0) is 13.2 Å². The van der Waals surface area contributed by atoms with Gasteiger partial charge in [0.15, 0.2) is 0 Å². The number of hydrogen-bond acceptors (Lipinski definition) is 2. The van der Waals surface area contributed by atoms with Crippen molar-refractivity contribution in [1.29, 1.82) is 0 Å². The van der Waals surface area contributed by atoms with E-state index >= 15 is 0 Å². The zero-order valence-corrected chi connectivity index (χ0v) is 16.2. The molecule has 2 heteroatoms. The molecule has 0 bridgehead atoms. The van der Waals surface area contributed by atoms with Crippen molar-refractivity contribution in [2.75, 3.05) is 0 Å². The Bertz CT molecular complexity index is 878. The van der Waals surface area contributed by atoms with E-state index in [1.807, 2.05) is 0 Å². The third kappa shape index (κ3) is 4.51. The van der Waals surface area contributed by atoms with Crippen LogP contribution in [0.4, 0.5) is 0 Å². The van der Waals surface area contributed by atoms with Gasteiger partial charge in [0.2, 0.25) is 0 Å². The van der Waals surface area contributed by atoms with Gasteiger partial charge in [-0.25, -0.2) is 0 Å². The maximum Gasteiger partial charge on any atom is 0.124 e. The lowest BCUT2D eigenvalue weighted by atomic mass is 9.95. The Morgan fingerprint density at radius 2 is 1.67 bits per heavy atom. The standard InChI is InChI=1S/C25H29NO/c1-19-11-13-20(14-12-19)18-27-25-16-15-21-7-5-6-10-23(21)24(25)17-26-22-8-3-2-4-9-22/h5-7,10-16,22,26H,2-4,8-9,17-18H2,1H3. The van der Waals surface area contributed by atoms with Gasteiger partial charge in [-0.05, 0) is 42.2 Å². The molecule has 0 radical (unpaired) electrons. The van der Waals surface area contributed by atoms with Gasteiger partial charge in [0, 0.05) is 18.2 Å². The van der Waals surface area contributed by atoms with Crippen LogP contribution in [0.5, 0.6) is 5.75 Å². The average molecular weight is 360 g/mol. The molecule has 0 atom stereocenters.